The minimum absolute atomic E-state index is 0.199. The van der Waals surface area contributed by atoms with Gasteiger partial charge >= 0.3 is 0 Å². The number of hydrogen-bond acceptors (Lipinski definition) is 3. The van der Waals surface area contributed by atoms with Crippen LogP contribution in [0.5, 0.6) is 0 Å². The molecule has 0 aliphatic carbocycles. The second-order valence-corrected chi connectivity index (χ2v) is 6.35. The third-order valence-electron chi connectivity index (χ3n) is 2.77. The number of nitrogens with two attached hydrogens (primary N) is 1. The molecule has 4 heteroatoms. The largest absolute Gasteiger partial charge is 0.398 e. The fraction of sp³-hybridized carbons (Fsp3) is 0.538. The molecule has 1 aromatic rings. The highest BCUT2D eigenvalue weighted by atomic mass is 32.2. The zero-order chi connectivity index (χ0) is 12.7. The van der Waals surface area contributed by atoms with Crippen LogP contribution in [-0.2, 0) is 9.84 Å². The van der Waals surface area contributed by atoms with Crippen molar-refractivity contribution >= 4 is 15.5 Å². The molecule has 0 bridgehead atoms. The molecule has 0 heterocycles. The Balaban J connectivity index is 2.55. The van der Waals surface area contributed by atoms with Crippen molar-refractivity contribution in [1.82, 2.24) is 0 Å². The van der Waals surface area contributed by atoms with Crippen LogP contribution in [0.15, 0.2) is 29.2 Å². The highest BCUT2D eigenvalue weighted by molar-refractivity contribution is 7.91. The van der Waals surface area contributed by atoms with Gasteiger partial charge < -0.3 is 5.73 Å². The molecule has 0 fully saturated rings. The summed E-state index contributed by atoms with van der Waals surface area (Å²) in [6.07, 6.45) is 5.14. The molecule has 2 N–H and O–H groups in total. The van der Waals surface area contributed by atoms with E-state index < -0.39 is 9.84 Å². The van der Waals surface area contributed by atoms with E-state index >= 15 is 0 Å². The Labute approximate surface area is 104 Å². The molecule has 96 valence electrons. The van der Waals surface area contributed by atoms with Crippen LogP contribution >= 0.6 is 0 Å². The minimum atomic E-state index is -3.20. The Morgan fingerprint density at radius 2 is 1.71 bits per heavy atom. The smallest absolute Gasteiger partial charge is 0.180 e. The summed E-state index contributed by atoms with van der Waals surface area (Å²) in [6.45, 7) is 2.14. The third kappa shape index (κ3) is 4.38. The number of rotatable bonds is 7. The zero-order valence-corrected chi connectivity index (χ0v) is 11.2. The highest BCUT2D eigenvalue weighted by Crippen LogP contribution is 2.20. The van der Waals surface area contributed by atoms with Crippen molar-refractivity contribution in [2.75, 3.05) is 11.5 Å². The maximum Gasteiger partial charge on any atom is 0.180 e. The van der Waals surface area contributed by atoms with E-state index in [1.54, 1.807) is 24.3 Å². The van der Waals surface area contributed by atoms with Gasteiger partial charge in [-0.3, -0.25) is 0 Å². The summed E-state index contributed by atoms with van der Waals surface area (Å²) in [5.41, 5.74) is 6.03. The molecule has 0 aliphatic heterocycles. The lowest BCUT2D eigenvalue weighted by atomic mass is 10.2. The van der Waals surface area contributed by atoms with Gasteiger partial charge in [-0.25, -0.2) is 8.42 Å². The van der Waals surface area contributed by atoms with Gasteiger partial charge in [-0.2, -0.15) is 0 Å². The lowest BCUT2D eigenvalue weighted by Crippen LogP contribution is -2.09. The monoisotopic (exact) mass is 255 g/mol. The molecule has 0 amide bonds. The predicted octanol–water partition coefficient (Wildman–Crippen LogP) is 3.01. The first-order chi connectivity index (χ1) is 8.08. The summed E-state index contributed by atoms with van der Waals surface area (Å²) in [5, 5.41) is 0. The zero-order valence-electron chi connectivity index (χ0n) is 10.4. The van der Waals surface area contributed by atoms with Crippen molar-refractivity contribution in [3.8, 4) is 0 Å². The van der Waals surface area contributed by atoms with Gasteiger partial charge in [0.25, 0.3) is 0 Å². The Bertz CT molecular complexity index is 440. The molecular weight excluding hydrogens is 234 g/mol. The normalized spacial score (nSPS) is 11.6. The predicted molar refractivity (Wildman–Crippen MR) is 71.7 cm³/mol. The molecule has 17 heavy (non-hydrogen) atoms. The van der Waals surface area contributed by atoms with Crippen molar-refractivity contribution in [3.05, 3.63) is 24.3 Å². The van der Waals surface area contributed by atoms with Crippen molar-refractivity contribution in [2.24, 2.45) is 0 Å². The summed E-state index contributed by atoms with van der Waals surface area (Å²) in [6, 6.07) is 6.66. The lowest BCUT2D eigenvalue weighted by Gasteiger charge is -2.06. The molecule has 0 radical (unpaired) electrons. The Morgan fingerprint density at radius 3 is 2.35 bits per heavy atom. The van der Waals surface area contributed by atoms with Gasteiger partial charge in [0, 0.05) is 0 Å². The van der Waals surface area contributed by atoms with Crippen LogP contribution in [0.3, 0.4) is 0 Å². The molecule has 0 saturated carbocycles. The molecule has 0 atom stereocenters. The minimum Gasteiger partial charge on any atom is -0.398 e. The lowest BCUT2D eigenvalue weighted by molar-refractivity contribution is 0.587. The first kappa shape index (κ1) is 14.0. The van der Waals surface area contributed by atoms with Crippen LogP contribution < -0.4 is 5.73 Å². The van der Waals surface area contributed by atoms with Crippen LogP contribution in [0, 0.1) is 0 Å². The Kier molecular flexibility index (Phi) is 5.48. The van der Waals surface area contributed by atoms with Crippen LogP contribution in [0.1, 0.15) is 39.0 Å². The molecule has 0 spiro atoms. The first-order valence-electron chi connectivity index (χ1n) is 6.15. The van der Waals surface area contributed by atoms with E-state index in [2.05, 4.69) is 6.92 Å². The average Bonchev–Trinajstić information content (AvgIpc) is 2.29. The summed E-state index contributed by atoms with van der Waals surface area (Å²) >= 11 is 0. The molecule has 1 aromatic carbocycles. The molecule has 3 nitrogen and oxygen atoms in total. The second-order valence-electron chi connectivity index (χ2n) is 4.27. The van der Waals surface area contributed by atoms with E-state index in [0.717, 1.165) is 19.3 Å². The molecular formula is C13H21NO2S. The summed E-state index contributed by atoms with van der Waals surface area (Å²) in [5.74, 6) is 0.199. The third-order valence-corrected chi connectivity index (χ3v) is 4.64. The summed E-state index contributed by atoms with van der Waals surface area (Å²) in [7, 11) is -3.20. The van der Waals surface area contributed by atoms with Crippen molar-refractivity contribution in [3.63, 3.8) is 0 Å². The molecule has 1 rings (SSSR count). The maximum absolute atomic E-state index is 12.0. The van der Waals surface area contributed by atoms with E-state index in [4.69, 9.17) is 5.73 Å². The second kappa shape index (κ2) is 6.64. The number of nitrogen functional groups attached to an aromatic ring is 1. The Hall–Kier alpha value is -1.03. The van der Waals surface area contributed by atoms with Gasteiger partial charge in [-0.05, 0) is 18.6 Å². The van der Waals surface area contributed by atoms with E-state index in [0.29, 0.717) is 5.69 Å². The fourth-order valence-electron chi connectivity index (χ4n) is 1.77. The van der Waals surface area contributed by atoms with E-state index in [1.807, 2.05) is 0 Å². The van der Waals surface area contributed by atoms with Crippen LogP contribution in [0.4, 0.5) is 5.69 Å². The van der Waals surface area contributed by atoms with Gasteiger partial charge in [-0.1, -0.05) is 44.7 Å². The SMILES string of the molecule is CCCCCCCS(=O)(=O)c1ccccc1N. The van der Waals surface area contributed by atoms with Gasteiger partial charge in [0.1, 0.15) is 0 Å². The molecule has 0 saturated heterocycles. The van der Waals surface area contributed by atoms with Crippen LogP contribution in [0.25, 0.3) is 0 Å². The quantitative estimate of drug-likeness (QED) is 0.602. The highest BCUT2D eigenvalue weighted by Gasteiger charge is 2.16. The van der Waals surface area contributed by atoms with E-state index in [-0.39, 0.29) is 10.6 Å². The van der Waals surface area contributed by atoms with Crippen molar-refractivity contribution < 1.29 is 8.42 Å². The first-order valence-corrected chi connectivity index (χ1v) is 7.80. The van der Waals surface area contributed by atoms with E-state index in [9.17, 15) is 8.42 Å². The van der Waals surface area contributed by atoms with Gasteiger partial charge in [-0.15, -0.1) is 0 Å². The summed E-state index contributed by atoms with van der Waals surface area (Å²) < 4.78 is 24.0. The van der Waals surface area contributed by atoms with Gasteiger partial charge in [0.15, 0.2) is 9.84 Å². The van der Waals surface area contributed by atoms with Gasteiger partial charge in [0.2, 0.25) is 0 Å². The number of anilines is 1. The van der Waals surface area contributed by atoms with Gasteiger partial charge in [0.05, 0.1) is 16.3 Å². The molecule has 0 aliphatic rings. The fourth-order valence-corrected chi connectivity index (χ4v) is 3.29. The Morgan fingerprint density at radius 1 is 1.06 bits per heavy atom. The molecule has 0 aromatic heterocycles. The maximum atomic E-state index is 12.0. The summed E-state index contributed by atoms with van der Waals surface area (Å²) in [4.78, 5) is 0.274. The number of sulfone groups is 1. The standard InChI is InChI=1S/C13H21NO2S/c1-2-3-4-5-8-11-17(15,16)13-10-7-6-9-12(13)14/h6-7,9-10H,2-5,8,11,14H2,1H3. The van der Waals surface area contributed by atoms with Crippen molar-refractivity contribution in [1.29, 1.82) is 0 Å². The topological polar surface area (TPSA) is 60.2 Å². The van der Waals surface area contributed by atoms with Crippen molar-refractivity contribution in [2.45, 2.75) is 43.9 Å². The molecule has 0 unspecified atom stereocenters. The van der Waals surface area contributed by atoms with E-state index in [1.165, 1.54) is 12.8 Å². The number of unbranched alkanes of at least 4 members (excludes halogenated alkanes) is 4. The number of benzene rings is 1. The van der Waals surface area contributed by atoms with Crippen LogP contribution in [-0.4, -0.2) is 14.2 Å². The van der Waals surface area contributed by atoms with Crippen LogP contribution in [0.2, 0.25) is 0 Å². The number of hydrogen-bond donors (Lipinski definition) is 1. The average molecular weight is 255 g/mol. The number of para-hydroxylation sites is 1.